The maximum Gasteiger partial charge on any atom is 0.263 e. The summed E-state index contributed by atoms with van der Waals surface area (Å²) in [4.78, 5) is 25.3. The molecule has 0 saturated carbocycles. The molecule has 4 heteroatoms. The predicted molar refractivity (Wildman–Crippen MR) is 68.3 cm³/mol. The SMILES string of the molecule is O=C(c1ccccc1)N1C(=O)c2ccccc2[C@H]1O. The molecule has 2 aromatic carbocycles. The Morgan fingerprint density at radius 3 is 2.32 bits per heavy atom. The molecule has 0 aromatic heterocycles. The lowest BCUT2D eigenvalue weighted by molar-refractivity contribution is 0.0176. The second kappa shape index (κ2) is 4.33. The minimum absolute atomic E-state index is 0.374. The van der Waals surface area contributed by atoms with Crippen LogP contribution >= 0.6 is 0 Å². The van der Waals surface area contributed by atoms with Crippen LogP contribution in [0.15, 0.2) is 54.6 Å². The number of amides is 2. The molecule has 0 radical (unpaired) electrons. The van der Waals surface area contributed by atoms with Crippen molar-refractivity contribution in [2.24, 2.45) is 0 Å². The third-order valence-corrected chi connectivity index (χ3v) is 3.17. The molecule has 1 atom stereocenters. The van der Waals surface area contributed by atoms with Crippen molar-refractivity contribution in [2.75, 3.05) is 0 Å². The van der Waals surface area contributed by atoms with E-state index in [2.05, 4.69) is 0 Å². The van der Waals surface area contributed by atoms with E-state index in [0.717, 1.165) is 4.90 Å². The van der Waals surface area contributed by atoms with Crippen molar-refractivity contribution in [3.8, 4) is 0 Å². The highest BCUT2D eigenvalue weighted by Gasteiger charge is 2.39. The van der Waals surface area contributed by atoms with E-state index in [1.165, 1.54) is 0 Å². The minimum Gasteiger partial charge on any atom is -0.369 e. The van der Waals surface area contributed by atoms with Gasteiger partial charge in [0, 0.05) is 16.7 Å². The van der Waals surface area contributed by atoms with Gasteiger partial charge in [0.05, 0.1) is 0 Å². The number of nitrogens with zero attached hydrogens (tertiary/aromatic N) is 1. The van der Waals surface area contributed by atoms with Gasteiger partial charge in [-0.3, -0.25) is 9.59 Å². The molecule has 1 aliphatic heterocycles. The molecule has 0 spiro atoms. The van der Waals surface area contributed by atoms with E-state index < -0.39 is 18.0 Å². The summed E-state index contributed by atoms with van der Waals surface area (Å²) in [7, 11) is 0. The largest absolute Gasteiger partial charge is 0.369 e. The quantitative estimate of drug-likeness (QED) is 0.790. The number of fused-ring (bicyclic) bond motifs is 1. The molecule has 0 fully saturated rings. The highest BCUT2D eigenvalue weighted by molar-refractivity contribution is 6.13. The highest BCUT2D eigenvalue weighted by atomic mass is 16.3. The smallest absolute Gasteiger partial charge is 0.263 e. The van der Waals surface area contributed by atoms with E-state index in [9.17, 15) is 14.7 Å². The monoisotopic (exact) mass is 253 g/mol. The summed E-state index contributed by atoms with van der Waals surface area (Å²) in [6.45, 7) is 0. The molecular weight excluding hydrogens is 242 g/mol. The number of imide groups is 1. The lowest BCUT2D eigenvalue weighted by Gasteiger charge is -2.18. The normalized spacial score (nSPS) is 17.4. The van der Waals surface area contributed by atoms with Crippen LogP contribution < -0.4 is 0 Å². The number of aliphatic hydroxyl groups excluding tert-OH is 1. The second-order valence-corrected chi connectivity index (χ2v) is 4.31. The van der Waals surface area contributed by atoms with Gasteiger partial charge in [0.2, 0.25) is 0 Å². The summed E-state index contributed by atoms with van der Waals surface area (Å²) in [5.74, 6) is -0.953. The zero-order valence-electron chi connectivity index (χ0n) is 9.98. The standard InChI is InChI=1S/C15H11NO3/c17-13(10-6-2-1-3-7-10)16-14(18)11-8-4-5-9-12(11)15(16)19/h1-9,14,18H/t14-/m1/s1. The van der Waals surface area contributed by atoms with Gasteiger partial charge in [0.25, 0.3) is 11.8 Å². The first-order valence-electron chi connectivity index (χ1n) is 5.90. The van der Waals surface area contributed by atoms with E-state index >= 15 is 0 Å². The van der Waals surface area contributed by atoms with E-state index in [1.807, 2.05) is 0 Å². The Labute approximate surface area is 109 Å². The number of carbonyl (C=O) groups is 2. The topological polar surface area (TPSA) is 57.6 Å². The average molecular weight is 253 g/mol. The number of hydrogen-bond acceptors (Lipinski definition) is 3. The first kappa shape index (κ1) is 11.6. The molecule has 1 heterocycles. The van der Waals surface area contributed by atoms with Gasteiger partial charge in [-0.05, 0) is 18.2 Å². The van der Waals surface area contributed by atoms with Gasteiger partial charge in [-0.15, -0.1) is 0 Å². The van der Waals surface area contributed by atoms with Crippen molar-refractivity contribution in [2.45, 2.75) is 6.23 Å². The van der Waals surface area contributed by atoms with Crippen LogP contribution in [0.5, 0.6) is 0 Å². The third kappa shape index (κ3) is 1.73. The average Bonchev–Trinajstić information content (AvgIpc) is 2.72. The first-order chi connectivity index (χ1) is 9.20. The van der Waals surface area contributed by atoms with Gasteiger partial charge >= 0.3 is 0 Å². The van der Waals surface area contributed by atoms with Crippen LogP contribution in [0.1, 0.15) is 32.5 Å². The van der Waals surface area contributed by atoms with Crippen LogP contribution in [0.3, 0.4) is 0 Å². The number of rotatable bonds is 1. The summed E-state index contributed by atoms with van der Waals surface area (Å²) in [5.41, 5.74) is 1.22. The van der Waals surface area contributed by atoms with E-state index in [4.69, 9.17) is 0 Å². The zero-order chi connectivity index (χ0) is 13.4. The van der Waals surface area contributed by atoms with Crippen molar-refractivity contribution in [3.63, 3.8) is 0 Å². The maximum atomic E-state index is 12.3. The molecule has 1 N–H and O–H groups in total. The van der Waals surface area contributed by atoms with Gasteiger partial charge < -0.3 is 5.11 Å². The van der Waals surface area contributed by atoms with Crippen LogP contribution in [0.2, 0.25) is 0 Å². The second-order valence-electron chi connectivity index (χ2n) is 4.31. The Morgan fingerprint density at radius 2 is 1.63 bits per heavy atom. The fraction of sp³-hybridized carbons (Fsp3) is 0.0667. The summed E-state index contributed by atoms with van der Waals surface area (Å²) in [6.07, 6.45) is -1.21. The van der Waals surface area contributed by atoms with Crippen molar-refractivity contribution < 1.29 is 14.7 Å². The van der Waals surface area contributed by atoms with Crippen LogP contribution in [-0.2, 0) is 0 Å². The molecule has 2 amide bonds. The number of carbonyl (C=O) groups excluding carboxylic acids is 2. The molecule has 4 nitrogen and oxygen atoms in total. The van der Waals surface area contributed by atoms with Crippen LogP contribution in [-0.4, -0.2) is 21.8 Å². The molecule has 0 unspecified atom stereocenters. The van der Waals surface area contributed by atoms with E-state index in [0.29, 0.717) is 16.7 Å². The van der Waals surface area contributed by atoms with Gasteiger partial charge in [0.15, 0.2) is 6.23 Å². The van der Waals surface area contributed by atoms with Crippen molar-refractivity contribution in [3.05, 3.63) is 71.3 Å². The fourth-order valence-electron chi connectivity index (χ4n) is 2.22. The molecule has 2 aromatic rings. The Balaban J connectivity index is 2.01. The molecule has 0 aliphatic carbocycles. The molecule has 3 rings (SSSR count). The van der Waals surface area contributed by atoms with Crippen LogP contribution in [0, 0.1) is 0 Å². The molecule has 19 heavy (non-hydrogen) atoms. The molecule has 1 aliphatic rings. The van der Waals surface area contributed by atoms with Gasteiger partial charge in [-0.2, -0.15) is 0 Å². The molecule has 0 bridgehead atoms. The molecular formula is C15H11NO3. The lowest BCUT2D eigenvalue weighted by Crippen LogP contribution is -2.34. The number of aliphatic hydroxyl groups is 1. The third-order valence-electron chi connectivity index (χ3n) is 3.17. The Morgan fingerprint density at radius 1 is 1.00 bits per heavy atom. The Bertz CT molecular complexity index is 651. The summed E-state index contributed by atoms with van der Waals surface area (Å²) >= 11 is 0. The Hall–Kier alpha value is -2.46. The van der Waals surface area contributed by atoms with Crippen molar-refractivity contribution >= 4 is 11.8 Å². The van der Waals surface area contributed by atoms with Crippen molar-refractivity contribution in [1.82, 2.24) is 4.90 Å². The van der Waals surface area contributed by atoms with Crippen LogP contribution in [0.25, 0.3) is 0 Å². The van der Waals surface area contributed by atoms with Gasteiger partial charge in [-0.25, -0.2) is 4.90 Å². The summed E-state index contributed by atoms with van der Waals surface area (Å²) in [5, 5.41) is 10.1. The zero-order valence-corrected chi connectivity index (χ0v) is 9.98. The van der Waals surface area contributed by atoms with E-state index in [-0.39, 0.29) is 0 Å². The van der Waals surface area contributed by atoms with Gasteiger partial charge in [0.1, 0.15) is 0 Å². The predicted octanol–water partition coefficient (Wildman–Crippen LogP) is 1.97. The fourth-order valence-corrected chi connectivity index (χ4v) is 2.22. The van der Waals surface area contributed by atoms with Gasteiger partial charge in [-0.1, -0.05) is 36.4 Å². The Kier molecular flexibility index (Phi) is 2.65. The number of hydrogen-bond donors (Lipinski definition) is 1. The highest BCUT2D eigenvalue weighted by Crippen LogP contribution is 2.32. The minimum atomic E-state index is -1.21. The van der Waals surface area contributed by atoms with Crippen LogP contribution in [0.4, 0.5) is 0 Å². The lowest BCUT2D eigenvalue weighted by atomic mass is 10.1. The molecule has 0 saturated heterocycles. The van der Waals surface area contributed by atoms with Crippen molar-refractivity contribution in [1.29, 1.82) is 0 Å². The van der Waals surface area contributed by atoms with E-state index in [1.54, 1.807) is 54.6 Å². The number of benzene rings is 2. The summed E-state index contributed by atoms with van der Waals surface area (Å²) in [6, 6.07) is 15.1. The maximum absolute atomic E-state index is 12.3. The first-order valence-corrected chi connectivity index (χ1v) is 5.90. The molecule has 94 valence electrons. The summed E-state index contributed by atoms with van der Waals surface area (Å²) < 4.78 is 0.